The summed E-state index contributed by atoms with van der Waals surface area (Å²) >= 11 is 3.66. The Morgan fingerprint density at radius 3 is 0.784 bits per heavy atom. The van der Waals surface area contributed by atoms with Crippen molar-refractivity contribution in [2.45, 2.75) is 39.5 Å². The van der Waals surface area contributed by atoms with Crippen molar-refractivity contribution in [1.82, 2.24) is 0 Å². The van der Waals surface area contributed by atoms with Gasteiger partial charge in [-0.25, -0.2) is 0 Å². The number of hydrogen-bond donors (Lipinski definition) is 3. The molecule has 5 rings (SSSR count). The lowest BCUT2D eigenvalue weighted by molar-refractivity contribution is 0.475. The second-order valence-electron chi connectivity index (χ2n) is 8.35. The first kappa shape index (κ1) is 31.5. The van der Waals surface area contributed by atoms with Crippen LogP contribution in [0.4, 0.5) is 0 Å². The van der Waals surface area contributed by atoms with Gasteiger partial charge in [0.2, 0.25) is 0 Å². The average Bonchev–Trinajstić information content (AvgIpc) is 3.62. The number of para-hydroxylation sites is 3. The molecule has 0 bridgehead atoms. The first-order valence-corrected chi connectivity index (χ1v) is 13.8. The van der Waals surface area contributed by atoms with Gasteiger partial charge in [-0.2, -0.15) is 0 Å². The predicted molar refractivity (Wildman–Crippen MR) is 161 cm³/mol. The minimum absolute atomic E-state index is 0.322. The second kappa shape index (κ2) is 19.6. The highest BCUT2D eigenvalue weighted by Gasteiger charge is 1.96. The minimum atomic E-state index is 0.322. The van der Waals surface area contributed by atoms with Crippen LogP contribution >= 0.6 is 22.7 Å². The molecule has 0 aliphatic carbocycles. The largest absolute Gasteiger partial charge is 0.508 e. The molecular weight excluding hydrogens is 496 g/mol. The van der Waals surface area contributed by atoms with Gasteiger partial charge in [-0.1, -0.05) is 94.4 Å². The number of hydrogen-bond acceptors (Lipinski definition) is 5. The molecule has 0 fully saturated rings. The van der Waals surface area contributed by atoms with E-state index in [1.165, 1.54) is 9.75 Å². The fraction of sp³-hybridized carbons (Fsp3) is 0.188. The van der Waals surface area contributed by atoms with Gasteiger partial charge in [0, 0.05) is 9.75 Å². The molecule has 37 heavy (non-hydrogen) atoms. The molecule has 0 atom stereocenters. The van der Waals surface area contributed by atoms with Crippen LogP contribution in [0.25, 0.3) is 0 Å². The van der Waals surface area contributed by atoms with Gasteiger partial charge in [0.15, 0.2) is 0 Å². The summed E-state index contributed by atoms with van der Waals surface area (Å²) in [5, 5.41) is 30.1. The number of phenols is 3. The Hall–Kier alpha value is -3.54. The standard InChI is InChI=1S/2C7H10S.3C6H6O/c2*1-6(2)7-4-3-5-8-7;3*7-6-4-2-1-3-5-6/h2*3-6H,1-2H3;3*1-5,7H. The zero-order chi connectivity index (χ0) is 27.3. The fourth-order valence-electron chi connectivity index (χ4n) is 2.52. The van der Waals surface area contributed by atoms with Crippen molar-refractivity contribution in [3.05, 3.63) is 136 Å². The summed E-state index contributed by atoms with van der Waals surface area (Å²) in [5.74, 6) is 2.37. The molecule has 0 amide bonds. The van der Waals surface area contributed by atoms with Crippen LogP contribution in [0.1, 0.15) is 49.3 Å². The van der Waals surface area contributed by atoms with Gasteiger partial charge >= 0.3 is 0 Å². The van der Waals surface area contributed by atoms with E-state index < -0.39 is 0 Å². The lowest BCUT2D eigenvalue weighted by atomic mass is 10.2. The Kier molecular flexibility index (Phi) is 16.7. The summed E-state index contributed by atoms with van der Waals surface area (Å²) in [4.78, 5) is 2.95. The van der Waals surface area contributed by atoms with Crippen LogP contribution in [0.5, 0.6) is 17.2 Å². The second-order valence-corrected chi connectivity index (χ2v) is 10.3. The van der Waals surface area contributed by atoms with E-state index >= 15 is 0 Å². The fourth-order valence-corrected chi connectivity index (χ4v) is 4.01. The maximum atomic E-state index is 8.63. The van der Waals surface area contributed by atoms with Gasteiger partial charge in [0.25, 0.3) is 0 Å². The van der Waals surface area contributed by atoms with Crippen molar-refractivity contribution in [3.8, 4) is 17.2 Å². The molecule has 2 heterocycles. The highest BCUT2D eigenvalue weighted by molar-refractivity contribution is 7.10. The van der Waals surface area contributed by atoms with E-state index in [1.807, 2.05) is 40.9 Å². The van der Waals surface area contributed by atoms with Crippen molar-refractivity contribution in [3.63, 3.8) is 0 Å². The van der Waals surface area contributed by atoms with E-state index in [2.05, 4.69) is 62.7 Å². The lowest BCUT2D eigenvalue weighted by Gasteiger charge is -1.95. The van der Waals surface area contributed by atoms with Crippen molar-refractivity contribution in [2.75, 3.05) is 0 Å². The zero-order valence-corrected chi connectivity index (χ0v) is 23.6. The maximum Gasteiger partial charge on any atom is 0.115 e. The number of phenolic OH excluding ortho intramolecular Hbond substituents is 3. The molecule has 0 saturated carbocycles. The maximum absolute atomic E-state index is 8.63. The lowest BCUT2D eigenvalue weighted by Crippen LogP contribution is -1.77. The summed E-state index contributed by atoms with van der Waals surface area (Å²) in [6.45, 7) is 8.86. The van der Waals surface area contributed by atoms with E-state index in [1.54, 1.807) is 72.8 Å². The van der Waals surface area contributed by atoms with Crippen molar-refractivity contribution in [2.24, 2.45) is 0 Å². The summed E-state index contributed by atoms with van der Waals surface area (Å²) in [6.07, 6.45) is 0. The van der Waals surface area contributed by atoms with Crippen LogP contribution < -0.4 is 0 Å². The highest BCUT2D eigenvalue weighted by atomic mass is 32.1. The molecule has 0 aliphatic rings. The van der Waals surface area contributed by atoms with Gasteiger partial charge in [-0.05, 0) is 71.1 Å². The highest BCUT2D eigenvalue weighted by Crippen LogP contribution is 2.19. The van der Waals surface area contributed by atoms with E-state index in [-0.39, 0.29) is 0 Å². The number of rotatable bonds is 2. The Bertz CT molecular complexity index is 997. The Morgan fingerprint density at radius 1 is 0.405 bits per heavy atom. The molecule has 0 aliphatic heterocycles. The molecule has 0 saturated heterocycles. The average molecular weight is 535 g/mol. The number of thiophene rings is 2. The van der Waals surface area contributed by atoms with Crippen LogP contribution in [0.15, 0.2) is 126 Å². The van der Waals surface area contributed by atoms with Gasteiger partial charge in [0.05, 0.1) is 0 Å². The van der Waals surface area contributed by atoms with Crippen LogP contribution in [0, 0.1) is 0 Å². The number of aromatic hydroxyl groups is 3. The minimum Gasteiger partial charge on any atom is -0.508 e. The van der Waals surface area contributed by atoms with Crippen molar-refractivity contribution >= 4 is 22.7 Å². The molecule has 5 aromatic rings. The van der Waals surface area contributed by atoms with Gasteiger partial charge in [0.1, 0.15) is 17.2 Å². The van der Waals surface area contributed by atoms with Crippen LogP contribution in [0.2, 0.25) is 0 Å². The Morgan fingerprint density at radius 2 is 0.676 bits per heavy atom. The topological polar surface area (TPSA) is 60.7 Å². The van der Waals surface area contributed by atoms with Crippen LogP contribution in [-0.4, -0.2) is 15.3 Å². The molecule has 5 heteroatoms. The van der Waals surface area contributed by atoms with E-state index in [9.17, 15) is 0 Å². The van der Waals surface area contributed by atoms with Crippen LogP contribution in [0.3, 0.4) is 0 Å². The molecule has 3 nitrogen and oxygen atoms in total. The zero-order valence-electron chi connectivity index (χ0n) is 21.9. The molecule has 3 aromatic carbocycles. The first-order valence-electron chi connectivity index (χ1n) is 12.1. The molecule has 2 aromatic heterocycles. The Labute approximate surface area is 230 Å². The van der Waals surface area contributed by atoms with Gasteiger partial charge < -0.3 is 15.3 Å². The quantitative estimate of drug-likeness (QED) is 0.211. The van der Waals surface area contributed by atoms with Gasteiger partial charge in [-0.15, -0.1) is 22.7 Å². The summed E-state index contributed by atoms with van der Waals surface area (Å²) < 4.78 is 0. The molecule has 196 valence electrons. The molecule has 0 spiro atoms. The van der Waals surface area contributed by atoms with Gasteiger partial charge in [-0.3, -0.25) is 0 Å². The monoisotopic (exact) mass is 534 g/mol. The SMILES string of the molecule is CC(C)c1cccs1.CC(C)c1cccs1.Oc1ccccc1.Oc1ccccc1.Oc1ccccc1. The Balaban J connectivity index is 0.000000232. The van der Waals surface area contributed by atoms with Crippen molar-refractivity contribution in [1.29, 1.82) is 0 Å². The normalized spacial score (nSPS) is 9.35. The predicted octanol–water partition coefficient (Wildman–Crippen LogP) is 9.92. The van der Waals surface area contributed by atoms with Crippen molar-refractivity contribution < 1.29 is 15.3 Å². The molecule has 0 unspecified atom stereocenters. The summed E-state index contributed by atoms with van der Waals surface area (Å²) in [6, 6.07) is 34.7. The van der Waals surface area contributed by atoms with E-state index in [0.29, 0.717) is 29.1 Å². The third kappa shape index (κ3) is 16.7. The summed E-state index contributed by atoms with van der Waals surface area (Å²) in [5.41, 5.74) is 0. The molecule has 3 N–H and O–H groups in total. The third-order valence-corrected chi connectivity index (χ3v) is 6.84. The van der Waals surface area contributed by atoms with E-state index in [4.69, 9.17) is 15.3 Å². The molecular formula is C32H38O3S2. The summed E-state index contributed by atoms with van der Waals surface area (Å²) in [7, 11) is 0. The van der Waals surface area contributed by atoms with E-state index in [0.717, 1.165) is 0 Å². The first-order chi connectivity index (χ1) is 17.8. The molecule has 0 radical (unpaired) electrons. The number of benzene rings is 3. The smallest absolute Gasteiger partial charge is 0.115 e. The van der Waals surface area contributed by atoms with Crippen LogP contribution in [-0.2, 0) is 0 Å². The third-order valence-electron chi connectivity index (χ3n) is 4.49.